The van der Waals surface area contributed by atoms with Crippen molar-refractivity contribution in [3.63, 3.8) is 0 Å². The third-order valence-corrected chi connectivity index (χ3v) is 7.00. The van der Waals surface area contributed by atoms with Crippen LogP contribution in [0.25, 0.3) is 0 Å². The molecule has 2 aromatic rings. The summed E-state index contributed by atoms with van der Waals surface area (Å²) in [5, 5.41) is 2.91. The zero-order valence-electron chi connectivity index (χ0n) is 21.2. The lowest BCUT2D eigenvalue weighted by atomic mass is 9.87. The van der Waals surface area contributed by atoms with Crippen LogP contribution in [0.2, 0.25) is 0 Å². The first-order valence-corrected chi connectivity index (χ1v) is 12.6. The van der Waals surface area contributed by atoms with E-state index >= 15 is 0 Å². The summed E-state index contributed by atoms with van der Waals surface area (Å²) in [6.07, 6.45) is 3.72. The van der Waals surface area contributed by atoms with Crippen LogP contribution in [0.1, 0.15) is 72.9 Å². The normalized spacial score (nSPS) is 19.4. The number of fused-ring (bicyclic) bond motifs is 1. The van der Waals surface area contributed by atoms with Gasteiger partial charge in [-0.3, -0.25) is 24.2 Å². The van der Waals surface area contributed by atoms with Gasteiger partial charge in [-0.25, -0.2) is 0 Å². The van der Waals surface area contributed by atoms with E-state index in [4.69, 9.17) is 0 Å². The topological polar surface area (TPSA) is 99.7 Å². The number of rotatable bonds is 7. The van der Waals surface area contributed by atoms with Crippen LogP contribution in [0.3, 0.4) is 0 Å². The Labute approximate surface area is 212 Å². The van der Waals surface area contributed by atoms with Gasteiger partial charge in [-0.1, -0.05) is 39.0 Å². The molecule has 8 nitrogen and oxygen atoms in total. The smallest absolute Gasteiger partial charge is 0.273 e. The Morgan fingerprint density at radius 2 is 1.78 bits per heavy atom. The molecule has 0 aliphatic carbocycles. The summed E-state index contributed by atoms with van der Waals surface area (Å²) in [4.78, 5) is 58.2. The van der Waals surface area contributed by atoms with Gasteiger partial charge in [0.05, 0.1) is 12.6 Å². The van der Waals surface area contributed by atoms with Crippen LogP contribution < -0.4 is 5.32 Å². The predicted molar refractivity (Wildman–Crippen MR) is 136 cm³/mol. The van der Waals surface area contributed by atoms with Crippen molar-refractivity contribution >= 4 is 23.5 Å². The van der Waals surface area contributed by atoms with Crippen molar-refractivity contribution in [1.29, 1.82) is 0 Å². The quantitative estimate of drug-likeness (QED) is 0.602. The second kappa shape index (κ2) is 10.6. The molecule has 2 aliphatic heterocycles. The fourth-order valence-electron chi connectivity index (χ4n) is 4.98. The maximum Gasteiger partial charge on any atom is 0.273 e. The number of hydrogen-bond acceptors (Lipinski definition) is 5. The summed E-state index contributed by atoms with van der Waals surface area (Å²) in [6, 6.07) is 11.9. The highest BCUT2D eigenvalue weighted by Crippen LogP contribution is 2.31. The third-order valence-electron chi connectivity index (χ3n) is 7.00. The predicted octanol–water partition coefficient (Wildman–Crippen LogP) is 2.97. The van der Waals surface area contributed by atoms with Crippen LogP contribution in [-0.4, -0.2) is 70.0 Å². The van der Waals surface area contributed by atoms with Crippen LogP contribution in [0.15, 0.2) is 48.7 Å². The lowest BCUT2D eigenvalue weighted by molar-refractivity contribution is -0.136. The molecule has 2 saturated heterocycles. The van der Waals surface area contributed by atoms with Crippen molar-refractivity contribution in [3.05, 3.63) is 65.5 Å². The first-order chi connectivity index (χ1) is 17.2. The van der Waals surface area contributed by atoms with Crippen molar-refractivity contribution in [3.8, 4) is 0 Å². The van der Waals surface area contributed by atoms with Gasteiger partial charge in [0, 0.05) is 31.3 Å². The SMILES string of the molecule is CC(C)(C)c1ccc(C(=O)NCCCCC(=O)N2CCC3C2C(=O)CN3C(=O)c2ccccn2)cc1. The molecule has 0 bridgehead atoms. The molecule has 8 heteroatoms. The number of carbonyl (C=O) groups is 4. The highest BCUT2D eigenvalue weighted by Gasteiger charge is 2.51. The lowest BCUT2D eigenvalue weighted by Gasteiger charge is -2.24. The Bertz CT molecular complexity index is 1120. The fraction of sp³-hybridized carbons (Fsp3) is 0.464. The number of benzene rings is 1. The summed E-state index contributed by atoms with van der Waals surface area (Å²) < 4.78 is 0. The number of ketones is 1. The average Bonchev–Trinajstić information content (AvgIpc) is 3.44. The third kappa shape index (κ3) is 5.48. The van der Waals surface area contributed by atoms with Gasteiger partial charge in [0.2, 0.25) is 5.91 Å². The fourth-order valence-corrected chi connectivity index (χ4v) is 4.98. The van der Waals surface area contributed by atoms with Gasteiger partial charge in [0.1, 0.15) is 11.7 Å². The maximum atomic E-state index is 12.9. The van der Waals surface area contributed by atoms with E-state index in [1.807, 2.05) is 24.3 Å². The number of likely N-dealkylation sites (tertiary alicyclic amines) is 2. The zero-order chi connectivity index (χ0) is 25.9. The number of nitrogens with one attached hydrogen (secondary N) is 1. The largest absolute Gasteiger partial charge is 0.352 e. The number of amides is 3. The minimum atomic E-state index is -0.569. The summed E-state index contributed by atoms with van der Waals surface area (Å²) in [5.41, 5.74) is 2.13. The van der Waals surface area contributed by atoms with Crippen LogP contribution in [-0.2, 0) is 15.0 Å². The zero-order valence-corrected chi connectivity index (χ0v) is 21.2. The first-order valence-electron chi connectivity index (χ1n) is 12.6. The number of nitrogens with zero attached hydrogens (tertiary/aromatic N) is 3. The second-order valence-corrected chi connectivity index (χ2v) is 10.5. The Hall–Kier alpha value is -3.55. The molecule has 1 aromatic heterocycles. The van der Waals surface area contributed by atoms with Crippen LogP contribution in [0, 0.1) is 0 Å². The van der Waals surface area contributed by atoms with E-state index in [-0.39, 0.29) is 41.5 Å². The highest BCUT2D eigenvalue weighted by atomic mass is 16.2. The van der Waals surface area contributed by atoms with Gasteiger partial charge in [-0.05, 0) is 54.5 Å². The molecule has 2 aliphatic rings. The minimum absolute atomic E-state index is 0.0112. The van der Waals surface area contributed by atoms with Crippen molar-refractivity contribution in [2.24, 2.45) is 0 Å². The molecule has 2 unspecified atom stereocenters. The molecule has 36 heavy (non-hydrogen) atoms. The van der Waals surface area contributed by atoms with Gasteiger partial charge >= 0.3 is 0 Å². The second-order valence-electron chi connectivity index (χ2n) is 10.5. The number of Topliss-reactive ketones (excluding diaryl/α,β-unsaturated/α-hetero) is 1. The number of pyridine rings is 1. The molecule has 2 fully saturated rings. The van der Waals surface area contributed by atoms with Crippen molar-refractivity contribution < 1.29 is 19.2 Å². The van der Waals surface area contributed by atoms with E-state index in [9.17, 15) is 19.2 Å². The number of unbranched alkanes of at least 4 members (excludes halogenated alkanes) is 1. The lowest BCUT2D eigenvalue weighted by Crippen LogP contribution is -2.43. The molecule has 2 atom stereocenters. The molecule has 0 radical (unpaired) electrons. The summed E-state index contributed by atoms with van der Waals surface area (Å²) >= 11 is 0. The molecular formula is C28H34N4O4. The molecule has 0 spiro atoms. The summed E-state index contributed by atoms with van der Waals surface area (Å²) in [6.45, 7) is 7.35. The number of carbonyl (C=O) groups excluding carboxylic acids is 4. The monoisotopic (exact) mass is 490 g/mol. The van der Waals surface area contributed by atoms with Gasteiger partial charge in [0.15, 0.2) is 5.78 Å². The van der Waals surface area contributed by atoms with E-state index in [2.05, 4.69) is 31.1 Å². The number of aromatic nitrogens is 1. The van der Waals surface area contributed by atoms with Crippen molar-refractivity contribution in [1.82, 2.24) is 20.1 Å². The Kier molecular flexibility index (Phi) is 7.52. The van der Waals surface area contributed by atoms with Crippen molar-refractivity contribution in [2.75, 3.05) is 19.6 Å². The van der Waals surface area contributed by atoms with Gasteiger partial charge in [-0.15, -0.1) is 0 Å². The van der Waals surface area contributed by atoms with E-state index in [0.29, 0.717) is 50.0 Å². The van der Waals surface area contributed by atoms with Crippen LogP contribution in [0.5, 0.6) is 0 Å². The summed E-state index contributed by atoms with van der Waals surface area (Å²) in [5.74, 6) is -0.570. The van der Waals surface area contributed by atoms with E-state index < -0.39 is 6.04 Å². The molecule has 1 N–H and O–H groups in total. The molecular weight excluding hydrogens is 456 g/mol. The Morgan fingerprint density at radius 3 is 2.44 bits per heavy atom. The van der Waals surface area contributed by atoms with E-state index in [0.717, 1.165) is 0 Å². The molecule has 4 rings (SSSR count). The molecule has 3 heterocycles. The van der Waals surface area contributed by atoms with Gasteiger partial charge in [0.25, 0.3) is 11.8 Å². The van der Waals surface area contributed by atoms with Crippen LogP contribution in [0.4, 0.5) is 0 Å². The van der Waals surface area contributed by atoms with Gasteiger partial charge in [-0.2, -0.15) is 0 Å². The average molecular weight is 491 g/mol. The van der Waals surface area contributed by atoms with Gasteiger partial charge < -0.3 is 15.1 Å². The Balaban J connectivity index is 1.22. The summed E-state index contributed by atoms with van der Waals surface area (Å²) in [7, 11) is 0. The molecule has 190 valence electrons. The molecule has 3 amide bonds. The standard InChI is InChI=1S/C28H34N4O4/c1-28(2,3)20-12-10-19(11-13-20)26(35)30-16-7-5-9-24(34)31-17-14-22-25(31)23(33)18-32(22)27(36)21-8-4-6-15-29-21/h4,6,8,10-13,15,22,25H,5,7,9,14,16-18H2,1-3H3,(H,30,35). The molecule has 0 saturated carbocycles. The first kappa shape index (κ1) is 25.5. The number of hydrogen-bond donors (Lipinski definition) is 1. The van der Waals surface area contributed by atoms with E-state index in [1.165, 1.54) is 5.56 Å². The molecule has 1 aromatic carbocycles. The maximum absolute atomic E-state index is 12.9. The minimum Gasteiger partial charge on any atom is -0.352 e. The van der Waals surface area contributed by atoms with Crippen LogP contribution >= 0.6 is 0 Å². The highest BCUT2D eigenvalue weighted by molar-refractivity contribution is 6.01. The Morgan fingerprint density at radius 1 is 1.03 bits per heavy atom. The van der Waals surface area contributed by atoms with E-state index in [1.54, 1.807) is 34.2 Å². The van der Waals surface area contributed by atoms with Crippen molar-refractivity contribution in [2.45, 2.75) is 64.0 Å².